The molecule has 2 atom stereocenters. The molecule has 0 amide bonds. The van der Waals surface area contributed by atoms with E-state index >= 15 is 0 Å². The van der Waals surface area contributed by atoms with E-state index in [4.69, 9.17) is 24.3 Å². The zero-order valence-electron chi connectivity index (χ0n) is 35.2. The van der Waals surface area contributed by atoms with E-state index in [9.17, 15) is 19.0 Å². The van der Waals surface area contributed by atoms with Crippen LogP contribution in [0.4, 0.5) is 0 Å². The number of hydrogen-bond donors (Lipinski definition) is 2. The van der Waals surface area contributed by atoms with Crippen molar-refractivity contribution >= 4 is 19.8 Å². The van der Waals surface area contributed by atoms with Crippen LogP contribution >= 0.6 is 7.82 Å². The lowest BCUT2D eigenvalue weighted by Gasteiger charge is -2.19. The Morgan fingerprint density at radius 2 is 0.907 bits per heavy atom. The molecule has 0 aliphatic heterocycles. The standard InChI is InChI=1S/C44H86NO8P/c1-3-5-7-9-11-13-15-17-19-20-21-22-23-25-26-28-30-32-34-36-43(46)50-40-42(41-52-54(48,49)51-39-38-45)53-44(47)37-35-33-31-29-27-24-18-16-14-12-10-8-6-4-2/h16,18,42H,3-15,17,19-41,45H2,1-2H3,(H,48,49)/b18-16-/t42-/m1/s1. The van der Waals surface area contributed by atoms with Crippen molar-refractivity contribution in [3.05, 3.63) is 12.2 Å². The van der Waals surface area contributed by atoms with Gasteiger partial charge in [0.2, 0.25) is 0 Å². The molecule has 54 heavy (non-hydrogen) atoms. The number of unbranched alkanes of at least 4 members (excludes halogenated alkanes) is 28. The van der Waals surface area contributed by atoms with Crippen molar-refractivity contribution in [2.45, 2.75) is 232 Å². The summed E-state index contributed by atoms with van der Waals surface area (Å²) in [7, 11) is -4.37. The van der Waals surface area contributed by atoms with Gasteiger partial charge < -0.3 is 20.1 Å². The maximum Gasteiger partial charge on any atom is 0.472 e. The predicted octanol–water partition coefficient (Wildman–Crippen LogP) is 13.0. The van der Waals surface area contributed by atoms with E-state index in [1.807, 2.05) is 0 Å². The topological polar surface area (TPSA) is 134 Å². The molecule has 0 spiro atoms. The summed E-state index contributed by atoms with van der Waals surface area (Å²) in [6.45, 7) is 3.75. The van der Waals surface area contributed by atoms with E-state index < -0.39 is 26.5 Å². The van der Waals surface area contributed by atoms with Crippen LogP contribution < -0.4 is 5.73 Å². The van der Waals surface area contributed by atoms with Crippen molar-refractivity contribution < 1.29 is 37.6 Å². The van der Waals surface area contributed by atoms with E-state index in [0.29, 0.717) is 6.42 Å². The van der Waals surface area contributed by atoms with Gasteiger partial charge in [0.15, 0.2) is 6.10 Å². The first-order valence-corrected chi connectivity index (χ1v) is 24.2. The lowest BCUT2D eigenvalue weighted by molar-refractivity contribution is -0.161. The number of carbonyl (C=O) groups excluding carboxylic acids is 2. The first-order valence-electron chi connectivity index (χ1n) is 22.7. The Bertz CT molecular complexity index is 902. The Kier molecular flexibility index (Phi) is 40.4. The molecule has 9 nitrogen and oxygen atoms in total. The van der Waals surface area contributed by atoms with Gasteiger partial charge in [-0.1, -0.05) is 187 Å². The van der Waals surface area contributed by atoms with Gasteiger partial charge in [-0.05, 0) is 38.5 Å². The summed E-state index contributed by atoms with van der Waals surface area (Å²) < 4.78 is 32.8. The third kappa shape index (κ3) is 40.4. The fraction of sp³-hybridized carbons (Fsp3) is 0.909. The minimum atomic E-state index is -4.37. The molecule has 0 aromatic rings. The number of nitrogens with two attached hydrogens (primary N) is 1. The molecule has 0 aliphatic carbocycles. The molecule has 320 valence electrons. The quantitative estimate of drug-likeness (QED) is 0.0268. The zero-order valence-corrected chi connectivity index (χ0v) is 36.1. The lowest BCUT2D eigenvalue weighted by Crippen LogP contribution is -2.29. The maximum absolute atomic E-state index is 12.6. The summed E-state index contributed by atoms with van der Waals surface area (Å²) in [5.74, 6) is -0.827. The van der Waals surface area contributed by atoms with Gasteiger partial charge in [0.05, 0.1) is 13.2 Å². The van der Waals surface area contributed by atoms with Gasteiger partial charge in [-0.15, -0.1) is 0 Å². The van der Waals surface area contributed by atoms with E-state index in [1.165, 1.54) is 141 Å². The van der Waals surface area contributed by atoms with Gasteiger partial charge in [0.1, 0.15) is 6.61 Å². The number of ether oxygens (including phenoxy) is 2. The number of esters is 2. The highest BCUT2D eigenvalue weighted by molar-refractivity contribution is 7.47. The third-order valence-corrected chi connectivity index (χ3v) is 10.9. The van der Waals surface area contributed by atoms with Crippen LogP contribution in [0.25, 0.3) is 0 Å². The predicted molar refractivity (Wildman–Crippen MR) is 224 cm³/mol. The van der Waals surface area contributed by atoms with Gasteiger partial charge >= 0.3 is 19.8 Å². The maximum atomic E-state index is 12.6. The van der Waals surface area contributed by atoms with Crippen LogP contribution in [0.2, 0.25) is 0 Å². The molecule has 0 heterocycles. The van der Waals surface area contributed by atoms with Crippen molar-refractivity contribution in [3.8, 4) is 0 Å². The number of rotatable bonds is 43. The van der Waals surface area contributed by atoms with Crippen LogP contribution in [0.15, 0.2) is 12.2 Å². The lowest BCUT2D eigenvalue weighted by atomic mass is 10.0. The summed E-state index contributed by atoms with van der Waals surface area (Å²) in [6.07, 6.45) is 42.4. The second-order valence-corrected chi connectivity index (χ2v) is 16.7. The van der Waals surface area contributed by atoms with Crippen molar-refractivity contribution in [1.82, 2.24) is 0 Å². The van der Waals surface area contributed by atoms with Gasteiger partial charge in [0, 0.05) is 19.4 Å². The SMILES string of the molecule is CCCCCCC/C=C\CCCCCCCC(=O)O[C@H](COC(=O)CCCCCCCCCCCCCCCCCCCCC)COP(=O)(O)OCCN. The summed E-state index contributed by atoms with van der Waals surface area (Å²) in [5, 5.41) is 0. The monoisotopic (exact) mass is 788 g/mol. The van der Waals surface area contributed by atoms with E-state index in [2.05, 4.69) is 26.0 Å². The molecule has 10 heteroatoms. The number of allylic oxidation sites excluding steroid dienone is 2. The van der Waals surface area contributed by atoms with Crippen LogP contribution in [0.5, 0.6) is 0 Å². The van der Waals surface area contributed by atoms with E-state index in [1.54, 1.807) is 0 Å². The molecule has 0 rings (SSSR count). The molecule has 0 fully saturated rings. The van der Waals surface area contributed by atoms with Crippen molar-refractivity contribution in [2.75, 3.05) is 26.4 Å². The molecule has 0 aromatic carbocycles. The second kappa shape index (κ2) is 41.4. The highest BCUT2D eigenvalue weighted by Gasteiger charge is 2.26. The number of phosphoric ester groups is 1. The van der Waals surface area contributed by atoms with Crippen molar-refractivity contribution in [1.29, 1.82) is 0 Å². The minimum Gasteiger partial charge on any atom is -0.462 e. The Balaban J connectivity index is 4.07. The zero-order chi connectivity index (χ0) is 39.6. The summed E-state index contributed by atoms with van der Waals surface area (Å²) in [5.41, 5.74) is 5.35. The number of phosphoric acid groups is 1. The Hall–Kier alpha value is -1.25. The molecule has 0 aromatic heterocycles. The average Bonchev–Trinajstić information content (AvgIpc) is 3.16. The smallest absolute Gasteiger partial charge is 0.462 e. The van der Waals surface area contributed by atoms with E-state index in [0.717, 1.165) is 51.4 Å². The van der Waals surface area contributed by atoms with Crippen LogP contribution in [-0.2, 0) is 32.7 Å². The van der Waals surface area contributed by atoms with Gasteiger partial charge in [-0.25, -0.2) is 4.57 Å². The highest BCUT2D eigenvalue weighted by Crippen LogP contribution is 2.43. The minimum absolute atomic E-state index is 0.0549. The molecule has 0 saturated carbocycles. The van der Waals surface area contributed by atoms with Gasteiger partial charge in [-0.3, -0.25) is 18.6 Å². The summed E-state index contributed by atoms with van der Waals surface area (Å²) >= 11 is 0. The summed E-state index contributed by atoms with van der Waals surface area (Å²) in [6, 6.07) is 0. The van der Waals surface area contributed by atoms with Gasteiger partial charge in [0.25, 0.3) is 0 Å². The fourth-order valence-electron chi connectivity index (χ4n) is 6.51. The molecular weight excluding hydrogens is 701 g/mol. The van der Waals surface area contributed by atoms with Crippen LogP contribution in [0, 0.1) is 0 Å². The molecule has 0 bridgehead atoms. The van der Waals surface area contributed by atoms with Crippen LogP contribution in [0.1, 0.15) is 226 Å². The average molecular weight is 788 g/mol. The second-order valence-electron chi connectivity index (χ2n) is 15.3. The van der Waals surface area contributed by atoms with E-state index in [-0.39, 0.29) is 38.6 Å². The van der Waals surface area contributed by atoms with Crippen molar-refractivity contribution in [2.24, 2.45) is 5.73 Å². The molecule has 1 unspecified atom stereocenters. The van der Waals surface area contributed by atoms with Crippen molar-refractivity contribution in [3.63, 3.8) is 0 Å². The largest absolute Gasteiger partial charge is 0.472 e. The Morgan fingerprint density at radius 3 is 1.31 bits per heavy atom. The normalized spacial score (nSPS) is 13.3. The Morgan fingerprint density at radius 1 is 0.537 bits per heavy atom. The van der Waals surface area contributed by atoms with Crippen LogP contribution in [-0.4, -0.2) is 49.3 Å². The molecule has 0 aliphatic rings. The van der Waals surface area contributed by atoms with Gasteiger partial charge in [-0.2, -0.15) is 0 Å². The van der Waals surface area contributed by atoms with Crippen LogP contribution in [0.3, 0.4) is 0 Å². The first kappa shape index (κ1) is 52.8. The number of hydrogen-bond acceptors (Lipinski definition) is 8. The summed E-state index contributed by atoms with van der Waals surface area (Å²) in [4.78, 5) is 34.9. The number of carbonyl (C=O) groups is 2. The molecular formula is C44H86NO8P. The molecule has 0 radical (unpaired) electrons. The molecule has 3 N–H and O–H groups in total. The molecule has 0 saturated heterocycles. The first-order chi connectivity index (χ1) is 26.3. The third-order valence-electron chi connectivity index (χ3n) is 9.90. The highest BCUT2D eigenvalue weighted by atomic mass is 31.2. The Labute approximate surface area is 332 Å². The fourth-order valence-corrected chi connectivity index (χ4v) is 7.28.